The first kappa shape index (κ1) is 25.2. The maximum absolute atomic E-state index is 13.4. The first-order valence-corrected chi connectivity index (χ1v) is 11.9. The third-order valence-electron chi connectivity index (χ3n) is 5.25. The van der Waals surface area contributed by atoms with Crippen molar-refractivity contribution in [1.29, 1.82) is 0 Å². The van der Waals surface area contributed by atoms with Gasteiger partial charge in [-0.15, -0.1) is 11.8 Å². The third-order valence-corrected chi connectivity index (χ3v) is 7.18. The van der Waals surface area contributed by atoms with Crippen LogP contribution in [0.3, 0.4) is 0 Å². The summed E-state index contributed by atoms with van der Waals surface area (Å²) in [5.41, 5.74) is 0.120. The molecule has 2 unspecified atom stereocenters. The second-order valence-electron chi connectivity index (χ2n) is 7.94. The van der Waals surface area contributed by atoms with E-state index in [4.69, 9.17) is 11.6 Å². The van der Waals surface area contributed by atoms with Gasteiger partial charge in [0.05, 0.1) is 11.3 Å². The fraction of sp³-hybridized carbons (Fsp3) is 0.333. The third kappa shape index (κ3) is 7.01. The summed E-state index contributed by atoms with van der Waals surface area (Å²) in [6, 6.07) is 6.29. The molecule has 176 valence electrons. The average Bonchev–Trinajstić information content (AvgIpc) is 3.29. The molecule has 3 aromatic rings. The molecule has 0 aliphatic carbocycles. The summed E-state index contributed by atoms with van der Waals surface area (Å²) >= 11 is 7.98. The molecule has 0 saturated heterocycles. The van der Waals surface area contributed by atoms with E-state index in [0.717, 1.165) is 42.8 Å². The summed E-state index contributed by atoms with van der Waals surface area (Å²) in [5, 5.41) is 3.24. The van der Waals surface area contributed by atoms with Gasteiger partial charge in [0, 0.05) is 52.5 Å². The van der Waals surface area contributed by atoms with Gasteiger partial charge in [-0.1, -0.05) is 25.4 Å². The minimum atomic E-state index is -1.58. The molecular formula is C24H25ClF3N3OS. The fourth-order valence-electron chi connectivity index (χ4n) is 3.41. The zero-order chi connectivity index (χ0) is 24.0. The highest BCUT2D eigenvalue weighted by molar-refractivity contribution is 8.00. The number of nitrogens with one attached hydrogen (secondary N) is 1. The number of thioether (sulfide) groups is 1. The molecule has 1 N–H and O–H groups in total. The van der Waals surface area contributed by atoms with E-state index >= 15 is 0 Å². The molecule has 4 nitrogen and oxygen atoms in total. The van der Waals surface area contributed by atoms with E-state index < -0.39 is 23.4 Å². The lowest BCUT2D eigenvalue weighted by atomic mass is 10.0. The average molecular weight is 496 g/mol. The van der Waals surface area contributed by atoms with Gasteiger partial charge >= 0.3 is 0 Å². The van der Waals surface area contributed by atoms with Crippen LogP contribution in [-0.4, -0.2) is 20.7 Å². The Morgan fingerprint density at radius 1 is 1.18 bits per heavy atom. The molecule has 0 aliphatic rings. The highest BCUT2D eigenvalue weighted by Gasteiger charge is 2.17. The molecule has 2 aromatic carbocycles. The zero-order valence-electron chi connectivity index (χ0n) is 18.3. The predicted octanol–water partition coefficient (Wildman–Crippen LogP) is 7.19. The molecule has 2 atom stereocenters. The van der Waals surface area contributed by atoms with Crippen LogP contribution < -0.4 is 5.32 Å². The van der Waals surface area contributed by atoms with Crippen molar-refractivity contribution in [2.75, 3.05) is 5.32 Å². The Kier molecular flexibility index (Phi) is 8.86. The number of amides is 1. The van der Waals surface area contributed by atoms with Crippen LogP contribution in [0.25, 0.3) is 0 Å². The first-order valence-electron chi connectivity index (χ1n) is 10.6. The van der Waals surface area contributed by atoms with Crippen molar-refractivity contribution in [1.82, 2.24) is 9.55 Å². The van der Waals surface area contributed by atoms with Gasteiger partial charge < -0.3 is 9.88 Å². The molecule has 0 bridgehead atoms. The fourth-order valence-corrected chi connectivity index (χ4v) is 4.81. The number of aromatic nitrogens is 2. The number of anilines is 1. The number of hydrogen-bond acceptors (Lipinski definition) is 3. The van der Waals surface area contributed by atoms with Crippen molar-refractivity contribution in [2.45, 2.75) is 49.8 Å². The number of carbonyl (C=O) groups excluding carboxylic acids is 1. The van der Waals surface area contributed by atoms with E-state index in [0.29, 0.717) is 16.2 Å². The number of hydrogen-bond donors (Lipinski definition) is 1. The highest BCUT2D eigenvalue weighted by atomic mass is 35.5. The Hall–Kier alpha value is -2.45. The van der Waals surface area contributed by atoms with Crippen molar-refractivity contribution in [2.24, 2.45) is 5.92 Å². The summed E-state index contributed by atoms with van der Waals surface area (Å²) in [7, 11) is 0. The monoisotopic (exact) mass is 495 g/mol. The molecule has 0 fully saturated rings. The number of benzene rings is 2. The summed E-state index contributed by atoms with van der Waals surface area (Å²) < 4.78 is 42.1. The van der Waals surface area contributed by atoms with Gasteiger partial charge in [-0.25, -0.2) is 18.2 Å². The molecule has 0 spiro atoms. The summed E-state index contributed by atoms with van der Waals surface area (Å²) in [6.07, 6.45) is 8.48. The largest absolute Gasteiger partial charge is 0.337 e. The molecule has 1 heterocycles. The number of carbonyl (C=O) groups is 1. The van der Waals surface area contributed by atoms with Gasteiger partial charge in [0.2, 0.25) is 0 Å². The molecule has 0 aliphatic heterocycles. The maximum Gasteiger partial charge on any atom is 0.255 e. The highest BCUT2D eigenvalue weighted by Crippen LogP contribution is 2.35. The van der Waals surface area contributed by atoms with Gasteiger partial charge in [0.25, 0.3) is 5.91 Å². The molecule has 33 heavy (non-hydrogen) atoms. The van der Waals surface area contributed by atoms with Gasteiger partial charge in [-0.05, 0) is 43.4 Å². The summed E-state index contributed by atoms with van der Waals surface area (Å²) in [4.78, 5) is 17.4. The molecule has 3 rings (SSSR count). The van der Waals surface area contributed by atoms with Crippen molar-refractivity contribution in [3.8, 4) is 0 Å². The Balaban J connectivity index is 1.63. The number of imidazole rings is 1. The first-order chi connectivity index (χ1) is 15.8. The van der Waals surface area contributed by atoms with Crippen LogP contribution in [0.5, 0.6) is 0 Å². The second-order valence-corrected chi connectivity index (χ2v) is 9.69. The standard InChI is InChI=1S/C24H25ClF3N3OS/c1-3-18(6-4-15(2)13-31-9-8-29-14-31)33-22-10-16(5-7-19(22)25)24(32)30-17-11-20(26)23(28)21(27)12-17/h5,7-12,14-15,18H,3-4,6,13H2,1-2H3,(H,30,32). The number of rotatable bonds is 10. The lowest BCUT2D eigenvalue weighted by molar-refractivity contribution is 0.102. The number of nitrogens with zero attached hydrogens (tertiary/aromatic N) is 2. The molecular weight excluding hydrogens is 471 g/mol. The van der Waals surface area contributed by atoms with Crippen molar-refractivity contribution in [3.05, 3.63) is 77.1 Å². The van der Waals surface area contributed by atoms with Crippen LogP contribution in [0.1, 0.15) is 43.5 Å². The maximum atomic E-state index is 13.4. The van der Waals surface area contributed by atoms with Gasteiger partial charge in [-0.3, -0.25) is 4.79 Å². The topological polar surface area (TPSA) is 46.9 Å². The van der Waals surface area contributed by atoms with Gasteiger partial charge in [0.15, 0.2) is 17.5 Å². The second kappa shape index (κ2) is 11.6. The Morgan fingerprint density at radius 2 is 1.91 bits per heavy atom. The van der Waals surface area contributed by atoms with Crippen LogP contribution in [0.2, 0.25) is 5.02 Å². The van der Waals surface area contributed by atoms with Gasteiger partial charge in [0.1, 0.15) is 0 Å². The van der Waals surface area contributed by atoms with Crippen LogP contribution >= 0.6 is 23.4 Å². The number of halogens is 4. The van der Waals surface area contributed by atoms with E-state index in [-0.39, 0.29) is 11.3 Å². The lowest BCUT2D eigenvalue weighted by Gasteiger charge is -2.19. The quantitative estimate of drug-likeness (QED) is 0.239. The van der Waals surface area contributed by atoms with E-state index in [1.807, 2.05) is 12.5 Å². The van der Waals surface area contributed by atoms with Crippen molar-refractivity contribution < 1.29 is 18.0 Å². The van der Waals surface area contributed by atoms with E-state index in [2.05, 4.69) is 28.7 Å². The molecule has 1 aromatic heterocycles. The van der Waals surface area contributed by atoms with Crippen molar-refractivity contribution >= 4 is 35.0 Å². The predicted molar refractivity (Wildman–Crippen MR) is 126 cm³/mol. The molecule has 0 saturated carbocycles. The van der Waals surface area contributed by atoms with E-state index in [9.17, 15) is 18.0 Å². The van der Waals surface area contributed by atoms with Crippen molar-refractivity contribution in [3.63, 3.8) is 0 Å². The lowest BCUT2D eigenvalue weighted by Crippen LogP contribution is -2.13. The van der Waals surface area contributed by atoms with Crippen LogP contribution in [0.4, 0.5) is 18.9 Å². The minimum Gasteiger partial charge on any atom is -0.337 e. The molecule has 1 amide bonds. The van der Waals surface area contributed by atoms with Crippen LogP contribution in [-0.2, 0) is 6.54 Å². The van der Waals surface area contributed by atoms with Crippen LogP contribution in [0.15, 0.2) is 53.9 Å². The Bertz CT molecular complexity index is 1070. The van der Waals surface area contributed by atoms with E-state index in [1.54, 1.807) is 30.1 Å². The Morgan fingerprint density at radius 3 is 2.55 bits per heavy atom. The normalized spacial score (nSPS) is 13.0. The SMILES string of the molecule is CCC(CCC(C)Cn1ccnc1)Sc1cc(C(=O)Nc2cc(F)c(F)c(F)c2)ccc1Cl. The summed E-state index contributed by atoms with van der Waals surface area (Å²) in [5.74, 6) is -4.40. The Labute approximate surface area is 200 Å². The minimum absolute atomic E-state index is 0.168. The smallest absolute Gasteiger partial charge is 0.255 e. The summed E-state index contributed by atoms with van der Waals surface area (Å²) in [6.45, 7) is 5.22. The molecule has 9 heteroatoms. The zero-order valence-corrected chi connectivity index (χ0v) is 19.9. The van der Waals surface area contributed by atoms with E-state index in [1.165, 1.54) is 6.07 Å². The van der Waals surface area contributed by atoms with Gasteiger partial charge in [-0.2, -0.15) is 0 Å². The van der Waals surface area contributed by atoms with Crippen LogP contribution in [0, 0.1) is 23.4 Å². The molecule has 0 radical (unpaired) electrons.